The average Bonchev–Trinajstić information content (AvgIpc) is 2.89. The molecule has 0 fully saturated rings. The van der Waals surface area contributed by atoms with Crippen molar-refractivity contribution in [2.45, 2.75) is 20.4 Å². The fraction of sp³-hybridized carbons (Fsp3) is 0.333. The molecule has 0 unspecified atom stereocenters. The SMILES string of the molecule is CCS(=O)(=O)CCn1cc(C=O)c(-c2ccccc2C)n1. The van der Waals surface area contributed by atoms with Crippen LogP contribution in [0.15, 0.2) is 30.5 Å². The molecule has 5 nitrogen and oxygen atoms in total. The van der Waals surface area contributed by atoms with Crippen LogP contribution in [0.3, 0.4) is 0 Å². The third-order valence-electron chi connectivity index (χ3n) is 3.39. The van der Waals surface area contributed by atoms with Crippen LogP contribution in [0.1, 0.15) is 22.8 Å². The van der Waals surface area contributed by atoms with Gasteiger partial charge in [0.15, 0.2) is 16.1 Å². The molecule has 0 saturated carbocycles. The predicted octanol–water partition coefficient (Wildman–Crippen LogP) is 2.11. The Balaban J connectivity index is 2.33. The van der Waals surface area contributed by atoms with E-state index in [9.17, 15) is 13.2 Å². The van der Waals surface area contributed by atoms with E-state index >= 15 is 0 Å². The lowest BCUT2D eigenvalue weighted by Crippen LogP contribution is -2.14. The lowest BCUT2D eigenvalue weighted by molar-refractivity contribution is 0.112. The molecule has 2 rings (SSSR count). The highest BCUT2D eigenvalue weighted by Gasteiger charge is 2.14. The highest BCUT2D eigenvalue weighted by Crippen LogP contribution is 2.24. The number of hydrogen-bond donors (Lipinski definition) is 0. The number of rotatable bonds is 6. The monoisotopic (exact) mass is 306 g/mol. The number of aromatic nitrogens is 2. The zero-order valence-corrected chi connectivity index (χ0v) is 12.9. The molecule has 2 aromatic rings. The molecule has 1 aromatic carbocycles. The molecule has 0 atom stereocenters. The van der Waals surface area contributed by atoms with Gasteiger partial charge in [0.1, 0.15) is 5.69 Å². The summed E-state index contributed by atoms with van der Waals surface area (Å²) in [6.07, 6.45) is 2.35. The van der Waals surface area contributed by atoms with Crippen molar-refractivity contribution in [1.29, 1.82) is 0 Å². The average molecular weight is 306 g/mol. The van der Waals surface area contributed by atoms with Crippen LogP contribution >= 0.6 is 0 Å². The van der Waals surface area contributed by atoms with Crippen molar-refractivity contribution >= 4 is 16.1 Å². The maximum absolute atomic E-state index is 11.5. The Bertz CT molecular complexity index is 748. The molecule has 0 N–H and O–H groups in total. The van der Waals surface area contributed by atoms with E-state index in [1.54, 1.807) is 13.1 Å². The summed E-state index contributed by atoms with van der Waals surface area (Å²) in [7, 11) is -3.05. The summed E-state index contributed by atoms with van der Waals surface area (Å²) < 4.78 is 24.6. The standard InChI is InChI=1S/C15H18N2O3S/c1-3-21(19,20)9-8-17-10-13(11-18)15(16-17)14-7-5-4-6-12(14)2/h4-7,10-11H,3,8-9H2,1-2H3. The lowest BCUT2D eigenvalue weighted by atomic mass is 10.0. The second-order valence-electron chi connectivity index (χ2n) is 4.87. The number of hydrogen-bond acceptors (Lipinski definition) is 4. The highest BCUT2D eigenvalue weighted by molar-refractivity contribution is 7.91. The minimum Gasteiger partial charge on any atom is -0.298 e. The van der Waals surface area contributed by atoms with Gasteiger partial charge in [0.25, 0.3) is 0 Å². The van der Waals surface area contributed by atoms with Crippen LogP contribution in [0, 0.1) is 6.92 Å². The van der Waals surface area contributed by atoms with Crippen molar-refractivity contribution in [3.05, 3.63) is 41.6 Å². The molecule has 0 aliphatic rings. The van der Waals surface area contributed by atoms with Crippen LogP contribution < -0.4 is 0 Å². The fourth-order valence-electron chi connectivity index (χ4n) is 2.06. The van der Waals surface area contributed by atoms with E-state index in [2.05, 4.69) is 5.10 Å². The minimum absolute atomic E-state index is 0.0245. The number of carbonyl (C=O) groups excluding carboxylic acids is 1. The Hall–Kier alpha value is -1.95. The van der Waals surface area contributed by atoms with Crippen LogP contribution in [0.4, 0.5) is 0 Å². The first-order valence-corrected chi connectivity index (χ1v) is 8.58. The van der Waals surface area contributed by atoms with E-state index in [0.29, 0.717) is 11.3 Å². The van der Waals surface area contributed by atoms with E-state index in [4.69, 9.17) is 0 Å². The highest BCUT2D eigenvalue weighted by atomic mass is 32.2. The molecule has 1 heterocycles. The first kappa shape index (κ1) is 15.4. The summed E-state index contributed by atoms with van der Waals surface area (Å²) in [4.78, 5) is 11.2. The van der Waals surface area contributed by atoms with Gasteiger partial charge < -0.3 is 0 Å². The van der Waals surface area contributed by atoms with E-state index in [1.807, 2.05) is 31.2 Å². The molecule has 0 spiro atoms. The summed E-state index contributed by atoms with van der Waals surface area (Å²) in [6, 6.07) is 7.66. The Labute approximate surface area is 124 Å². The Kier molecular flexibility index (Phi) is 4.57. The number of aryl methyl sites for hydroxylation is 2. The molecule has 0 bridgehead atoms. The molecule has 6 heteroatoms. The van der Waals surface area contributed by atoms with E-state index < -0.39 is 9.84 Å². The van der Waals surface area contributed by atoms with Gasteiger partial charge in [-0.1, -0.05) is 31.2 Å². The van der Waals surface area contributed by atoms with Crippen molar-refractivity contribution in [2.24, 2.45) is 0 Å². The van der Waals surface area contributed by atoms with Gasteiger partial charge in [0.2, 0.25) is 0 Å². The Morgan fingerprint density at radius 3 is 2.62 bits per heavy atom. The van der Waals surface area contributed by atoms with Crippen molar-refractivity contribution in [2.75, 3.05) is 11.5 Å². The summed E-state index contributed by atoms with van der Waals surface area (Å²) in [5, 5.41) is 4.37. The molecule has 0 radical (unpaired) electrons. The molecule has 1 aromatic heterocycles. The second kappa shape index (κ2) is 6.22. The number of carbonyl (C=O) groups is 1. The lowest BCUT2D eigenvalue weighted by Gasteiger charge is -2.03. The van der Waals surface area contributed by atoms with E-state index in [0.717, 1.165) is 17.4 Å². The summed E-state index contributed by atoms with van der Waals surface area (Å²) >= 11 is 0. The van der Waals surface area contributed by atoms with Gasteiger partial charge in [-0.05, 0) is 12.5 Å². The third-order valence-corrected chi connectivity index (χ3v) is 5.07. The summed E-state index contributed by atoms with van der Waals surface area (Å²) in [6.45, 7) is 3.82. The zero-order valence-electron chi connectivity index (χ0n) is 12.1. The van der Waals surface area contributed by atoms with Crippen LogP contribution in [-0.4, -0.2) is 36.0 Å². The molecule has 112 valence electrons. The van der Waals surface area contributed by atoms with Gasteiger partial charge in [-0.25, -0.2) is 8.42 Å². The first-order chi connectivity index (χ1) is 9.96. The van der Waals surface area contributed by atoms with E-state index in [1.165, 1.54) is 4.68 Å². The molecular weight excluding hydrogens is 288 g/mol. The number of nitrogens with zero attached hydrogens (tertiary/aromatic N) is 2. The molecule has 21 heavy (non-hydrogen) atoms. The zero-order chi connectivity index (χ0) is 15.5. The second-order valence-corrected chi connectivity index (χ2v) is 7.34. The largest absolute Gasteiger partial charge is 0.298 e. The molecule has 0 aliphatic heterocycles. The van der Waals surface area contributed by atoms with Crippen LogP contribution in [0.2, 0.25) is 0 Å². The van der Waals surface area contributed by atoms with Gasteiger partial charge in [-0.15, -0.1) is 0 Å². The van der Waals surface area contributed by atoms with Crippen molar-refractivity contribution < 1.29 is 13.2 Å². The summed E-state index contributed by atoms with van der Waals surface area (Å²) in [5.41, 5.74) is 2.97. The van der Waals surface area contributed by atoms with Crippen LogP contribution in [0.25, 0.3) is 11.3 Å². The molecule has 0 amide bonds. The molecule has 0 aliphatic carbocycles. The molecule has 0 saturated heterocycles. The van der Waals surface area contributed by atoms with Gasteiger partial charge in [-0.2, -0.15) is 5.10 Å². The maximum Gasteiger partial charge on any atom is 0.153 e. The van der Waals surface area contributed by atoms with E-state index in [-0.39, 0.29) is 18.1 Å². The topological polar surface area (TPSA) is 69.0 Å². The Morgan fingerprint density at radius 1 is 1.29 bits per heavy atom. The van der Waals surface area contributed by atoms with Gasteiger partial charge in [0.05, 0.1) is 17.9 Å². The van der Waals surface area contributed by atoms with Crippen molar-refractivity contribution in [1.82, 2.24) is 9.78 Å². The number of sulfone groups is 1. The predicted molar refractivity (Wildman–Crippen MR) is 82.1 cm³/mol. The number of benzene rings is 1. The normalized spacial score (nSPS) is 11.5. The van der Waals surface area contributed by atoms with Crippen molar-refractivity contribution in [3.8, 4) is 11.3 Å². The fourth-order valence-corrected chi connectivity index (χ4v) is 2.82. The van der Waals surface area contributed by atoms with Crippen molar-refractivity contribution in [3.63, 3.8) is 0 Å². The number of aldehydes is 1. The molecular formula is C15H18N2O3S. The van der Waals surface area contributed by atoms with Crippen LogP contribution in [0.5, 0.6) is 0 Å². The smallest absolute Gasteiger partial charge is 0.153 e. The maximum atomic E-state index is 11.5. The summed E-state index contributed by atoms with van der Waals surface area (Å²) in [5.74, 6) is 0.135. The third kappa shape index (κ3) is 3.58. The van der Waals surface area contributed by atoms with Gasteiger partial charge >= 0.3 is 0 Å². The Morgan fingerprint density at radius 2 is 2.00 bits per heavy atom. The van der Waals surface area contributed by atoms with Crippen LogP contribution in [-0.2, 0) is 16.4 Å². The minimum atomic E-state index is -3.05. The van der Waals surface area contributed by atoms with Gasteiger partial charge in [-0.3, -0.25) is 9.48 Å². The first-order valence-electron chi connectivity index (χ1n) is 6.76. The quantitative estimate of drug-likeness (QED) is 0.766. The van der Waals surface area contributed by atoms with Gasteiger partial charge in [0, 0.05) is 17.5 Å².